The molecule has 0 bridgehead atoms. The highest BCUT2D eigenvalue weighted by atomic mass is 16.5. The SMILES string of the molecule is Cn1ccc(NC(=O)c2cccc(COc3ccc(C(C)(C)C)cc3)c2)n1. The van der Waals surface area contributed by atoms with Crippen LogP contribution in [0.5, 0.6) is 5.75 Å². The Morgan fingerprint density at radius 1 is 1.11 bits per heavy atom. The number of nitrogens with one attached hydrogen (secondary N) is 1. The minimum atomic E-state index is -0.190. The van der Waals surface area contributed by atoms with Crippen LogP contribution in [0.1, 0.15) is 42.3 Å². The number of aryl methyl sites for hydroxylation is 1. The third kappa shape index (κ3) is 4.97. The van der Waals surface area contributed by atoms with Crippen LogP contribution in [0, 0.1) is 0 Å². The fourth-order valence-electron chi connectivity index (χ4n) is 2.69. The van der Waals surface area contributed by atoms with Crippen molar-refractivity contribution in [3.8, 4) is 5.75 Å². The Morgan fingerprint density at radius 2 is 1.85 bits per heavy atom. The van der Waals surface area contributed by atoms with Crippen molar-refractivity contribution in [3.63, 3.8) is 0 Å². The molecule has 0 aliphatic heterocycles. The van der Waals surface area contributed by atoms with E-state index in [1.54, 1.807) is 23.0 Å². The number of hydrogen-bond donors (Lipinski definition) is 1. The van der Waals surface area contributed by atoms with Gasteiger partial charge in [-0.2, -0.15) is 5.10 Å². The second kappa shape index (κ2) is 7.66. The van der Waals surface area contributed by atoms with Crippen molar-refractivity contribution in [3.05, 3.63) is 77.5 Å². The van der Waals surface area contributed by atoms with Crippen LogP contribution in [0.25, 0.3) is 0 Å². The maximum absolute atomic E-state index is 12.4. The zero-order valence-corrected chi connectivity index (χ0v) is 16.2. The summed E-state index contributed by atoms with van der Waals surface area (Å²) >= 11 is 0. The first-order valence-electron chi connectivity index (χ1n) is 8.94. The van der Waals surface area contributed by atoms with Crippen LogP contribution in [0.15, 0.2) is 60.8 Å². The number of aromatic nitrogens is 2. The summed E-state index contributed by atoms with van der Waals surface area (Å²) in [6.45, 7) is 6.96. The molecule has 1 amide bonds. The van der Waals surface area contributed by atoms with Gasteiger partial charge in [0.05, 0.1) is 0 Å². The number of anilines is 1. The number of rotatable bonds is 5. The molecule has 0 fully saturated rings. The summed E-state index contributed by atoms with van der Waals surface area (Å²) in [4.78, 5) is 12.4. The maximum Gasteiger partial charge on any atom is 0.256 e. The second-order valence-electron chi connectivity index (χ2n) is 7.59. The molecule has 140 valence electrons. The van der Waals surface area contributed by atoms with Crippen LogP contribution in [0.4, 0.5) is 5.82 Å². The predicted molar refractivity (Wildman–Crippen MR) is 107 cm³/mol. The normalized spacial score (nSPS) is 11.3. The van der Waals surface area contributed by atoms with Crippen molar-refractivity contribution in [1.82, 2.24) is 9.78 Å². The topological polar surface area (TPSA) is 56.2 Å². The van der Waals surface area contributed by atoms with Gasteiger partial charge in [-0.1, -0.05) is 45.0 Å². The lowest BCUT2D eigenvalue weighted by Crippen LogP contribution is -2.13. The van der Waals surface area contributed by atoms with Gasteiger partial charge in [0.2, 0.25) is 0 Å². The molecule has 0 saturated heterocycles. The summed E-state index contributed by atoms with van der Waals surface area (Å²) in [6.07, 6.45) is 1.78. The van der Waals surface area contributed by atoms with Crippen molar-refractivity contribution in [2.24, 2.45) is 7.05 Å². The van der Waals surface area contributed by atoms with Crippen LogP contribution in [-0.4, -0.2) is 15.7 Å². The highest BCUT2D eigenvalue weighted by molar-refractivity contribution is 6.03. The first-order chi connectivity index (χ1) is 12.8. The molecule has 0 radical (unpaired) electrons. The quantitative estimate of drug-likeness (QED) is 0.723. The van der Waals surface area contributed by atoms with E-state index in [0.717, 1.165) is 11.3 Å². The lowest BCUT2D eigenvalue weighted by atomic mass is 9.87. The van der Waals surface area contributed by atoms with Gasteiger partial charge in [-0.15, -0.1) is 0 Å². The largest absolute Gasteiger partial charge is 0.489 e. The van der Waals surface area contributed by atoms with Gasteiger partial charge in [-0.05, 0) is 40.8 Å². The molecule has 1 aromatic heterocycles. The molecule has 3 aromatic rings. The first kappa shape index (κ1) is 18.7. The molecule has 0 unspecified atom stereocenters. The molecular formula is C22H25N3O2. The Labute approximate surface area is 160 Å². The highest BCUT2D eigenvalue weighted by Gasteiger charge is 2.13. The maximum atomic E-state index is 12.4. The highest BCUT2D eigenvalue weighted by Crippen LogP contribution is 2.24. The lowest BCUT2D eigenvalue weighted by molar-refractivity contribution is 0.102. The number of nitrogens with zero attached hydrogens (tertiary/aromatic N) is 2. The first-order valence-corrected chi connectivity index (χ1v) is 8.94. The third-order valence-electron chi connectivity index (χ3n) is 4.27. The number of hydrogen-bond acceptors (Lipinski definition) is 3. The number of carbonyl (C=O) groups excluding carboxylic acids is 1. The van der Waals surface area contributed by atoms with Gasteiger partial charge in [-0.25, -0.2) is 0 Å². The van der Waals surface area contributed by atoms with Crippen LogP contribution < -0.4 is 10.1 Å². The smallest absolute Gasteiger partial charge is 0.256 e. The molecule has 0 aliphatic rings. The van der Waals surface area contributed by atoms with Gasteiger partial charge >= 0.3 is 0 Å². The molecule has 2 aromatic carbocycles. The Balaban J connectivity index is 1.63. The third-order valence-corrected chi connectivity index (χ3v) is 4.27. The van der Waals surface area contributed by atoms with E-state index in [4.69, 9.17) is 4.74 Å². The van der Waals surface area contributed by atoms with Crippen molar-refractivity contribution in [1.29, 1.82) is 0 Å². The van der Waals surface area contributed by atoms with E-state index in [0.29, 0.717) is 18.0 Å². The molecular weight excluding hydrogens is 338 g/mol. The molecule has 3 rings (SSSR count). The van der Waals surface area contributed by atoms with Crippen LogP contribution in [0.2, 0.25) is 0 Å². The summed E-state index contributed by atoms with van der Waals surface area (Å²) in [5.41, 5.74) is 2.89. The summed E-state index contributed by atoms with van der Waals surface area (Å²) in [6, 6.07) is 17.3. The van der Waals surface area contributed by atoms with Gasteiger partial charge in [-0.3, -0.25) is 9.48 Å². The van der Waals surface area contributed by atoms with Gasteiger partial charge in [0.15, 0.2) is 5.82 Å². The van der Waals surface area contributed by atoms with E-state index < -0.39 is 0 Å². The van der Waals surface area contributed by atoms with E-state index >= 15 is 0 Å². The summed E-state index contributed by atoms with van der Waals surface area (Å²) in [5, 5.41) is 6.95. The van der Waals surface area contributed by atoms with Crippen molar-refractivity contribution < 1.29 is 9.53 Å². The van der Waals surface area contributed by atoms with E-state index in [1.165, 1.54) is 5.56 Å². The monoisotopic (exact) mass is 363 g/mol. The predicted octanol–water partition coefficient (Wildman–Crippen LogP) is 4.55. The Kier molecular flexibility index (Phi) is 5.31. The van der Waals surface area contributed by atoms with Crippen LogP contribution >= 0.6 is 0 Å². The zero-order valence-electron chi connectivity index (χ0n) is 16.2. The number of carbonyl (C=O) groups is 1. The fourth-order valence-corrected chi connectivity index (χ4v) is 2.69. The van der Waals surface area contributed by atoms with Gasteiger partial charge in [0.25, 0.3) is 5.91 Å². The van der Waals surface area contributed by atoms with Crippen molar-refractivity contribution >= 4 is 11.7 Å². The summed E-state index contributed by atoms with van der Waals surface area (Å²) in [7, 11) is 1.81. The van der Waals surface area contributed by atoms with Gasteiger partial charge in [0, 0.05) is 24.9 Å². The minimum absolute atomic E-state index is 0.119. The fraction of sp³-hybridized carbons (Fsp3) is 0.273. The molecule has 1 N–H and O–H groups in total. The molecule has 1 heterocycles. The molecule has 5 nitrogen and oxygen atoms in total. The van der Waals surface area contributed by atoms with Crippen LogP contribution in [0.3, 0.4) is 0 Å². The van der Waals surface area contributed by atoms with Gasteiger partial charge < -0.3 is 10.1 Å². The zero-order chi connectivity index (χ0) is 19.4. The average Bonchev–Trinajstić information content (AvgIpc) is 3.04. The molecule has 0 aliphatic carbocycles. The standard InChI is InChI=1S/C22H25N3O2/c1-22(2,3)18-8-10-19(11-9-18)27-15-16-6-5-7-17(14-16)21(26)23-20-12-13-25(4)24-20/h5-14H,15H2,1-4H3,(H,23,24,26). The minimum Gasteiger partial charge on any atom is -0.489 e. The summed E-state index contributed by atoms with van der Waals surface area (Å²) in [5.74, 6) is 1.15. The Morgan fingerprint density at radius 3 is 2.48 bits per heavy atom. The molecule has 27 heavy (non-hydrogen) atoms. The number of amides is 1. The molecule has 0 saturated carbocycles. The van der Waals surface area contributed by atoms with E-state index in [1.807, 2.05) is 37.4 Å². The van der Waals surface area contributed by atoms with Crippen molar-refractivity contribution in [2.45, 2.75) is 32.8 Å². The van der Waals surface area contributed by atoms with E-state index in [9.17, 15) is 4.79 Å². The van der Waals surface area contributed by atoms with E-state index in [2.05, 4.69) is 43.3 Å². The summed E-state index contributed by atoms with van der Waals surface area (Å²) < 4.78 is 7.51. The Hall–Kier alpha value is -3.08. The van der Waals surface area contributed by atoms with Crippen molar-refractivity contribution in [2.75, 3.05) is 5.32 Å². The van der Waals surface area contributed by atoms with Gasteiger partial charge in [0.1, 0.15) is 12.4 Å². The van der Waals surface area contributed by atoms with Crippen LogP contribution in [-0.2, 0) is 19.1 Å². The van der Waals surface area contributed by atoms with E-state index in [-0.39, 0.29) is 11.3 Å². The average molecular weight is 363 g/mol. The number of ether oxygens (including phenoxy) is 1. The molecule has 0 atom stereocenters. The second-order valence-corrected chi connectivity index (χ2v) is 7.59. The molecule has 5 heteroatoms. The Bertz CT molecular complexity index is 921. The molecule has 0 spiro atoms. The number of benzene rings is 2. The lowest BCUT2D eigenvalue weighted by Gasteiger charge is -2.19.